The van der Waals surface area contributed by atoms with Gasteiger partial charge in [-0.25, -0.2) is 9.50 Å². The molecule has 0 aliphatic carbocycles. The van der Waals surface area contributed by atoms with Gasteiger partial charge in [0.2, 0.25) is 0 Å². The standard InChI is InChI=1S/C19H13ClF2N4O2/c1-11-4-6-12(7-5-11)23-18(27)14-10-17-24-13(15-3-2-8-28-15)9-16(19(20,21)22)26(17)25-14/h2-10H,1H3,(H,23,27). The Morgan fingerprint density at radius 1 is 1.21 bits per heavy atom. The number of halogens is 3. The van der Waals surface area contributed by atoms with Crippen molar-refractivity contribution in [3.05, 3.63) is 71.7 Å². The van der Waals surface area contributed by atoms with Crippen LogP contribution >= 0.6 is 11.6 Å². The van der Waals surface area contributed by atoms with E-state index in [-0.39, 0.29) is 22.8 Å². The molecule has 0 radical (unpaired) electrons. The van der Waals surface area contributed by atoms with Gasteiger partial charge in [0.25, 0.3) is 5.91 Å². The van der Waals surface area contributed by atoms with Crippen LogP contribution < -0.4 is 5.32 Å². The zero-order chi connectivity index (χ0) is 19.9. The first-order valence-corrected chi connectivity index (χ1v) is 8.59. The molecule has 0 bridgehead atoms. The predicted molar refractivity (Wildman–Crippen MR) is 99.6 cm³/mol. The molecule has 0 unspecified atom stereocenters. The van der Waals surface area contributed by atoms with Crippen LogP contribution in [0.4, 0.5) is 14.5 Å². The van der Waals surface area contributed by atoms with Crippen molar-refractivity contribution >= 4 is 28.8 Å². The van der Waals surface area contributed by atoms with Gasteiger partial charge < -0.3 is 9.73 Å². The molecular formula is C19H13ClF2N4O2. The highest BCUT2D eigenvalue weighted by Crippen LogP contribution is 2.34. The van der Waals surface area contributed by atoms with Crippen LogP contribution in [0.3, 0.4) is 0 Å². The second-order valence-corrected chi connectivity index (χ2v) is 6.60. The third-order valence-electron chi connectivity index (χ3n) is 4.03. The topological polar surface area (TPSA) is 72.4 Å². The first-order chi connectivity index (χ1) is 13.3. The van der Waals surface area contributed by atoms with Crippen molar-refractivity contribution in [1.82, 2.24) is 14.6 Å². The van der Waals surface area contributed by atoms with Gasteiger partial charge in [-0.2, -0.15) is 13.9 Å². The van der Waals surface area contributed by atoms with Gasteiger partial charge in [0.05, 0.1) is 6.26 Å². The monoisotopic (exact) mass is 402 g/mol. The first-order valence-electron chi connectivity index (χ1n) is 8.21. The average molecular weight is 403 g/mol. The summed E-state index contributed by atoms with van der Waals surface area (Å²) in [6.07, 6.45) is 1.40. The number of anilines is 1. The van der Waals surface area contributed by atoms with Crippen molar-refractivity contribution in [2.24, 2.45) is 0 Å². The van der Waals surface area contributed by atoms with E-state index in [0.29, 0.717) is 5.69 Å². The van der Waals surface area contributed by atoms with E-state index in [4.69, 9.17) is 16.0 Å². The number of nitrogens with one attached hydrogen (secondary N) is 1. The Labute approximate surface area is 162 Å². The second kappa shape index (κ2) is 6.72. The summed E-state index contributed by atoms with van der Waals surface area (Å²) < 4.78 is 34.0. The molecule has 4 aromatic rings. The van der Waals surface area contributed by atoms with Crippen molar-refractivity contribution in [3.63, 3.8) is 0 Å². The van der Waals surface area contributed by atoms with Crippen LogP contribution in [0.5, 0.6) is 0 Å². The zero-order valence-corrected chi connectivity index (χ0v) is 15.2. The minimum Gasteiger partial charge on any atom is -0.463 e. The van der Waals surface area contributed by atoms with Gasteiger partial charge in [-0.05, 0) is 48.9 Å². The number of alkyl halides is 3. The molecule has 28 heavy (non-hydrogen) atoms. The summed E-state index contributed by atoms with van der Waals surface area (Å²) in [4.78, 5) is 16.7. The second-order valence-electron chi connectivity index (χ2n) is 6.12. The van der Waals surface area contributed by atoms with Crippen LogP contribution in [0, 0.1) is 6.92 Å². The molecule has 0 atom stereocenters. The molecule has 0 spiro atoms. The smallest absolute Gasteiger partial charge is 0.364 e. The van der Waals surface area contributed by atoms with E-state index in [1.165, 1.54) is 12.3 Å². The highest BCUT2D eigenvalue weighted by Gasteiger charge is 2.33. The van der Waals surface area contributed by atoms with Crippen LogP contribution in [-0.2, 0) is 5.38 Å². The molecule has 0 aliphatic heterocycles. The number of carbonyl (C=O) groups excluding carboxylic acids is 1. The molecule has 0 saturated heterocycles. The van der Waals surface area contributed by atoms with E-state index >= 15 is 0 Å². The van der Waals surface area contributed by atoms with Crippen molar-refractivity contribution in [2.75, 3.05) is 5.32 Å². The van der Waals surface area contributed by atoms with Crippen LogP contribution in [0.1, 0.15) is 21.7 Å². The number of amides is 1. The number of hydrogen-bond donors (Lipinski definition) is 1. The normalized spacial score (nSPS) is 11.7. The van der Waals surface area contributed by atoms with Crippen LogP contribution in [0.15, 0.2) is 59.2 Å². The summed E-state index contributed by atoms with van der Waals surface area (Å²) in [6.45, 7) is 1.92. The summed E-state index contributed by atoms with van der Waals surface area (Å²) in [5.74, 6) is -0.269. The van der Waals surface area contributed by atoms with Crippen molar-refractivity contribution in [2.45, 2.75) is 12.3 Å². The molecule has 6 nitrogen and oxygen atoms in total. The molecule has 9 heteroatoms. The maximum atomic E-state index is 13.9. The number of fused-ring (bicyclic) bond motifs is 1. The Morgan fingerprint density at radius 3 is 2.61 bits per heavy atom. The van der Waals surface area contributed by atoms with E-state index in [0.717, 1.165) is 16.1 Å². The molecule has 1 aromatic carbocycles. The number of aryl methyl sites for hydroxylation is 1. The summed E-state index contributed by atoms with van der Waals surface area (Å²) in [7, 11) is 0. The van der Waals surface area contributed by atoms with E-state index in [2.05, 4.69) is 15.4 Å². The number of benzene rings is 1. The molecule has 0 aliphatic rings. The third-order valence-corrected chi connectivity index (χ3v) is 4.23. The highest BCUT2D eigenvalue weighted by molar-refractivity contribution is 6.21. The molecule has 3 aromatic heterocycles. The lowest BCUT2D eigenvalue weighted by Crippen LogP contribution is -2.15. The van der Waals surface area contributed by atoms with Gasteiger partial charge in [-0.3, -0.25) is 4.79 Å². The fraction of sp³-hybridized carbons (Fsp3) is 0.105. The van der Waals surface area contributed by atoms with Gasteiger partial charge in [0.1, 0.15) is 11.4 Å². The molecular weight excluding hydrogens is 390 g/mol. The van der Waals surface area contributed by atoms with E-state index < -0.39 is 17.0 Å². The Morgan fingerprint density at radius 2 is 1.96 bits per heavy atom. The fourth-order valence-electron chi connectivity index (χ4n) is 2.67. The summed E-state index contributed by atoms with van der Waals surface area (Å²) in [6, 6.07) is 12.7. The quantitative estimate of drug-likeness (QED) is 0.496. The lowest BCUT2D eigenvalue weighted by molar-refractivity contribution is 0.0869. The molecule has 3 heterocycles. The van der Waals surface area contributed by atoms with E-state index in [9.17, 15) is 13.6 Å². The van der Waals surface area contributed by atoms with Crippen LogP contribution in [-0.4, -0.2) is 20.5 Å². The van der Waals surface area contributed by atoms with Crippen LogP contribution in [0.25, 0.3) is 17.1 Å². The average Bonchev–Trinajstić information content (AvgIpc) is 3.31. The van der Waals surface area contributed by atoms with E-state index in [1.807, 2.05) is 19.1 Å². The minimum absolute atomic E-state index is 0.0401. The maximum Gasteiger partial charge on any atom is 0.364 e. The van der Waals surface area contributed by atoms with Crippen molar-refractivity contribution < 1.29 is 18.0 Å². The Hall–Kier alpha value is -3.26. The molecule has 0 saturated carbocycles. The van der Waals surface area contributed by atoms with Gasteiger partial charge in [0, 0.05) is 11.8 Å². The Balaban J connectivity index is 1.77. The number of rotatable bonds is 4. The lowest BCUT2D eigenvalue weighted by Gasteiger charge is -2.11. The van der Waals surface area contributed by atoms with Gasteiger partial charge in [-0.15, -0.1) is 0 Å². The fourth-order valence-corrected chi connectivity index (χ4v) is 2.80. The predicted octanol–water partition coefficient (Wildman–Crippen LogP) is 4.84. The third kappa shape index (κ3) is 3.46. The summed E-state index contributed by atoms with van der Waals surface area (Å²) in [5.41, 5.74) is 1.08. The molecule has 4 rings (SSSR count). The number of nitrogens with zero attached hydrogens (tertiary/aromatic N) is 3. The Bertz CT molecular complexity index is 1150. The number of hydrogen-bond acceptors (Lipinski definition) is 4. The number of aromatic nitrogens is 3. The first kappa shape index (κ1) is 18.1. The number of furan rings is 1. The number of carbonyl (C=O) groups is 1. The molecule has 142 valence electrons. The molecule has 1 amide bonds. The van der Waals surface area contributed by atoms with Gasteiger partial charge in [-0.1, -0.05) is 17.7 Å². The van der Waals surface area contributed by atoms with E-state index in [1.54, 1.807) is 24.3 Å². The van der Waals surface area contributed by atoms with Crippen LogP contribution in [0.2, 0.25) is 0 Å². The van der Waals surface area contributed by atoms with Crippen molar-refractivity contribution in [1.29, 1.82) is 0 Å². The Kier molecular flexibility index (Phi) is 4.35. The lowest BCUT2D eigenvalue weighted by atomic mass is 10.2. The zero-order valence-electron chi connectivity index (χ0n) is 14.5. The summed E-state index contributed by atoms with van der Waals surface area (Å²) in [5, 5.41) is 2.90. The highest BCUT2D eigenvalue weighted by atomic mass is 35.5. The van der Waals surface area contributed by atoms with Gasteiger partial charge >= 0.3 is 5.38 Å². The minimum atomic E-state index is -3.72. The van der Waals surface area contributed by atoms with Gasteiger partial charge in [0.15, 0.2) is 17.1 Å². The maximum absolute atomic E-state index is 13.9. The largest absolute Gasteiger partial charge is 0.463 e. The molecule has 1 N–H and O–H groups in total. The SMILES string of the molecule is Cc1ccc(NC(=O)c2cc3nc(-c4ccco4)cc(C(F)(F)Cl)n3n2)cc1. The molecule has 0 fully saturated rings. The van der Waals surface area contributed by atoms with Crippen molar-refractivity contribution in [3.8, 4) is 11.5 Å². The summed E-state index contributed by atoms with van der Waals surface area (Å²) >= 11 is 5.25.